The predicted octanol–water partition coefficient (Wildman–Crippen LogP) is 3.62. The lowest BCUT2D eigenvalue weighted by Crippen LogP contribution is -2.40. The summed E-state index contributed by atoms with van der Waals surface area (Å²) >= 11 is 0. The number of carbonyl (C=O) groups is 2. The quantitative estimate of drug-likeness (QED) is 0.850. The van der Waals surface area contributed by atoms with Crippen LogP contribution >= 0.6 is 0 Å². The maximum Gasteiger partial charge on any atom is 0.232 e. The molecule has 2 aromatic rings. The lowest BCUT2D eigenvalue weighted by molar-refractivity contribution is -0.119. The van der Waals surface area contributed by atoms with Crippen LogP contribution in [0.25, 0.3) is 0 Å². The molecule has 1 aliphatic heterocycles. The molecule has 0 spiro atoms. The molecule has 0 N–H and O–H groups in total. The number of nitrogens with zero attached hydrogens (tertiary/aromatic N) is 2. The summed E-state index contributed by atoms with van der Waals surface area (Å²) in [6.07, 6.45) is 5.69. The van der Waals surface area contributed by atoms with Crippen LogP contribution in [0.1, 0.15) is 37.2 Å². The van der Waals surface area contributed by atoms with Gasteiger partial charge in [0.25, 0.3) is 0 Å². The fraction of sp³-hybridized carbons (Fsp3) is 0.286. The monoisotopic (exact) mass is 348 g/mol. The molecular formula is C21H20N2O3. The SMILES string of the molecule is COc1ccc(C2CC(=O)N(c3cccnc3)C3=C2C(=O)CCC3)cc1. The summed E-state index contributed by atoms with van der Waals surface area (Å²) < 4.78 is 5.22. The molecule has 0 bridgehead atoms. The Kier molecular flexibility index (Phi) is 4.29. The summed E-state index contributed by atoms with van der Waals surface area (Å²) in [5.41, 5.74) is 3.33. The molecule has 5 nitrogen and oxygen atoms in total. The molecule has 1 atom stereocenters. The zero-order valence-corrected chi connectivity index (χ0v) is 14.6. The Balaban J connectivity index is 1.82. The van der Waals surface area contributed by atoms with Gasteiger partial charge in [-0.05, 0) is 42.7 Å². The van der Waals surface area contributed by atoms with Crippen LogP contribution in [0, 0.1) is 0 Å². The second-order valence-corrected chi connectivity index (χ2v) is 6.61. The number of carbonyl (C=O) groups excluding carboxylic acids is 2. The first-order valence-corrected chi connectivity index (χ1v) is 8.82. The predicted molar refractivity (Wildman–Crippen MR) is 98.0 cm³/mol. The van der Waals surface area contributed by atoms with E-state index in [0.29, 0.717) is 6.42 Å². The van der Waals surface area contributed by atoms with Gasteiger partial charge in [-0.15, -0.1) is 0 Å². The van der Waals surface area contributed by atoms with Crippen molar-refractivity contribution in [3.63, 3.8) is 0 Å². The van der Waals surface area contributed by atoms with Crippen LogP contribution in [-0.4, -0.2) is 23.8 Å². The third-order valence-corrected chi connectivity index (χ3v) is 5.10. The van der Waals surface area contributed by atoms with Gasteiger partial charge in [0.1, 0.15) is 5.75 Å². The number of hydrogen-bond acceptors (Lipinski definition) is 4. The second-order valence-electron chi connectivity index (χ2n) is 6.61. The van der Waals surface area contributed by atoms with Crippen molar-refractivity contribution in [1.82, 2.24) is 4.98 Å². The van der Waals surface area contributed by atoms with Crippen molar-refractivity contribution in [2.24, 2.45) is 0 Å². The van der Waals surface area contributed by atoms with E-state index >= 15 is 0 Å². The Morgan fingerprint density at radius 2 is 1.92 bits per heavy atom. The van der Waals surface area contributed by atoms with Crippen LogP contribution in [0.15, 0.2) is 60.1 Å². The van der Waals surface area contributed by atoms with Crippen molar-refractivity contribution in [3.05, 3.63) is 65.6 Å². The number of methoxy groups -OCH3 is 1. The highest BCUT2D eigenvalue weighted by molar-refractivity contribution is 6.07. The van der Waals surface area contributed by atoms with Crippen LogP contribution in [-0.2, 0) is 9.59 Å². The van der Waals surface area contributed by atoms with Gasteiger partial charge in [-0.25, -0.2) is 0 Å². The number of allylic oxidation sites excluding steroid dienone is 2. The third-order valence-electron chi connectivity index (χ3n) is 5.10. The Morgan fingerprint density at radius 1 is 1.12 bits per heavy atom. The van der Waals surface area contributed by atoms with Crippen LogP contribution in [0.4, 0.5) is 5.69 Å². The van der Waals surface area contributed by atoms with Gasteiger partial charge < -0.3 is 4.74 Å². The number of pyridine rings is 1. The Labute approximate surface area is 152 Å². The summed E-state index contributed by atoms with van der Waals surface area (Å²) in [5, 5.41) is 0. The van der Waals surface area contributed by atoms with Crippen molar-refractivity contribution >= 4 is 17.4 Å². The number of anilines is 1. The van der Waals surface area contributed by atoms with E-state index in [-0.39, 0.29) is 24.0 Å². The minimum absolute atomic E-state index is 0.00673. The number of aromatic nitrogens is 1. The van der Waals surface area contributed by atoms with E-state index in [0.717, 1.165) is 41.1 Å². The summed E-state index contributed by atoms with van der Waals surface area (Å²) in [6, 6.07) is 11.3. The largest absolute Gasteiger partial charge is 0.497 e. The molecule has 0 saturated carbocycles. The van der Waals surface area contributed by atoms with Crippen molar-refractivity contribution < 1.29 is 14.3 Å². The fourth-order valence-corrected chi connectivity index (χ4v) is 3.90. The maximum atomic E-state index is 13.0. The molecule has 1 aromatic carbocycles. The lowest BCUT2D eigenvalue weighted by atomic mass is 9.77. The molecule has 1 unspecified atom stereocenters. The summed E-state index contributed by atoms with van der Waals surface area (Å²) in [5.74, 6) is 0.724. The fourth-order valence-electron chi connectivity index (χ4n) is 3.90. The number of rotatable bonds is 3. The molecule has 1 aliphatic carbocycles. The molecule has 0 saturated heterocycles. The molecule has 2 aliphatic rings. The summed E-state index contributed by atoms with van der Waals surface area (Å²) in [6.45, 7) is 0. The number of benzene rings is 1. The smallest absolute Gasteiger partial charge is 0.232 e. The van der Waals surface area contributed by atoms with Gasteiger partial charge in [0, 0.05) is 36.2 Å². The summed E-state index contributed by atoms with van der Waals surface area (Å²) in [4.78, 5) is 31.6. The highest BCUT2D eigenvalue weighted by atomic mass is 16.5. The first kappa shape index (κ1) is 16.5. The van der Waals surface area contributed by atoms with Gasteiger partial charge in [-0.1, -0.05) is 12.1 Å². The molecular weight excluding hydrogens is 328 g/mol. The van der Waals surface area contributed by atoms with Crippen molar-refractivity contribution in [2.75, 3.05) is 12.0 Å². The molecule has 5 heteroatoms. The van der Waals surface area contributed by atoms with Crippen LogP contribution in [0.2, 0.25) is 0 Å². The molecule has 1 amide bonds. The zero-order chi connectivity index (χ0) is 18.1. The van der Waals surface area contributed by atoms with E-state index in [1.54, 1.807) is 24.4 Å². The first-order valence-electron chi connectivity index (χ1n) is 8.82. The Hall–Kier alpha value is -2.95. The van der Waals surface area contributed by atoms with Gasteiger partial charge >= 0.3 is 0 Å². The Bertz CT molecular complexity index is 872. The molecule has 2 heterocycles. The normalized spacial score (nSPS) is 20.2. The van der Waals surface area contributed by atoms with Crippen LogP contribution < -0.4 is 9.64 Å². The topological polar surface area (TPSA) is 59.5 Å². The van der Waals surface area contributed by atoms with Gasteiger partial charge in [0.2, 0.25) is 5.91 Å². The molecule has 0 fully saturated rings. The van der Waals surface area contributed by atoms with Crippen LogP contribution in [0.3, 0.4) is 0 Å². The lowest BCUT2D eigenvalue weighted by Gasteiger charge is -2.38. The van der Waals surface area contributed by atoms with Gasteiger partial charge in [0.05, 0.1) is 19.0 Å². The highest BCUT2D eigenvalue weighted by Gasteiger charge is 2.39. The van der Waals surface area contributed by atoms with Gasteiger partial charge in [0.15, 0.2) is 5.78 Å². The van der Waals surface area contributed by atoms with Crippen molar-refractivity contribution in [3.8, 4) is 5.75 Å². The molecule has 1 aromatic heterocycles. The molecule has 4 rings (SSSR count). The second kappa shape index (κ2) is 6.75. The third kappa shape index (κ3) is 2.79. The average Bonchev–Trinajstić information content (AvgIpc) is 2.68. The molecule has 0 radical (unpaired) electrons. The van der Waals surface area contributed by atoms with E-state index in [2.05, 4.69) is 4.98 Å². The summed E-state index contributed by atoms with van der Waals surface area (Å²) in [7, 11) is 1.62. The number of Topliss-reactive ketones (excluding diaryl/α,β-unsaturated/α-hetero) is 1. The molecule has 132 valence electrons. The van der Waals surface area contributed by atoms with E-state index in [1.165, 1.54) is 0 Å². The van der Waals surface area contributed by atoms with E-state index in [4.69, 9.17) is 4.74 Å². The zero-order valence-electron chi connectivity index (χ0n) is 14.6. The van der Waals surface area contributed by atoms with Crippen LogP contribution in [0.5, 0.6) is 5.75 Å². The van der Waals surface area contributed by atoms with Gasteiger partial charge in [-0.3, -0.25) is 19.5 Å². The minimum Gasteiger partial charge on any atom is -0.497 e. The van der Waals surface area contributed by atoms with Crippen molar-refractivity contribution in [2.45, 2.75) is 31.6 Å². The van der Waals surface area contributed by atoms with E-state index in [9.17, 15) is 9.59 Å². The standard InChI is InChI=1S/C21H20N2O3/c1-26-16-9-7-14(8-10-16)17-12-20(25)23(15-4-3-11-22-13-15)18-5-2-6-19(24)21(17)18/h3-4,7-11,13,17H,2,5-6,12H2,1H3. The minimum atomic E-state index is -0.191. The molecule has 26 heavy (non-hydrogen) atoms. The van der Waals surface area contributed by atoms with Crippen molar-refractivity contribution in [1.29, 1.82) is 0 Å². The van der Waals surface area contributed by atoms with Gasteiger partial charge in [-0.2, -0.15) is 0 Å². The number of ketones is 1. The highest BCUT2D eigenvalue weighted by Crippen LogP contribution is 2.43. The number of amides is 1. The number of hydrogen-bond donors (Lipinski definition) is 0. The first-order chi connectivity index (χ1) is 12.7. The average molecular weight is 348 g/mol. The Morgan fingerprint density at radius 3 is 2.62 bits per heavy atom. The maximum absolute atomic E-state index is 13.0. The van der Waals surface area contributed by atoms with E-state index in [1.807, 2.05) is 36.4 Å². The number of ether oxygens (including phenoxy) is 1. The van der Waals surface area contributed by atoms with E-state index < -0.39 is 0 Å².